The Bertz CT molecular complexity index is 727. The van der Waals surface area contributed by atoms with Gasteiger partial charge in [-0.25, -0.2) is 0 Å². The molecule has 23 heavy (non-hydrogen) atoms. The van der Waals surface area contributed by atoms with Crippen LogP contribution in [0.3, 0.4) is 0 Å². The second-order valence-electron chi connectivity index (χ2n) is 4.74. The van der Waals surface area contributed by atoms with E-state index in [4.69, 9.17) is 14.2 Å². The van der Waals surface area contributed by atoms with Crippen LogP contribution in [0, 0.1) is 11.3 Å². The number of allylic oxidation sites excluding steroid dienone is 1. The molecular formula is C19H19NO3. The highest BCUT2D eigenvalue weighted by Gasteiger charge is 2.08. The molecule has 0 aliphatic heterocycles. The quantitative estimate of drug-likeness (QED) is 0.593. The summed E-state index contributed by atoms with van der Waals surface area (Å²) in [6.07, 6.45) is 1.83. The summed E-state index contributed by atoms with van der Waals surface area (Å²) in [5, 5.41) is 9.45. The zero-order valence-electron chi connectivity index (χ0n) is 13.5. The summed E-state index contributed by atoms with van der Waals surface area (Å²) in [7, 11) is 3.16. The van der Waals surface area contributed by atoms with Crippen molar-refractivity contribution < 1.29 is 14.2 Å². The van der Waals surface area contributed by atoms with Crippen molar-refractivity contribution in [2.45, 2.75) is 6.92 Å². The average molecular weight is 309 g/mol. The molecule has 0 atom stereocenters. The van der Waals surface area contributed by atoms with Gasteiger partial charge in [-0.05, 0) is 54.5 Å². The van der Waals surface area contributed by atoms with Crippen LogP contribution in [0.5, 0.6) is 17.2 Å². The summed E-state index contributed by atoms with van der Waals surface area (Å²) >= 11 is 0. The maximum absolute atomic E-state index is 9.45. The number of ether oxygens (including phenoxy) is 3. The molecule has 2 aromatic rings. The Morgan fingerprint density at radius 3 is 2.30 bits per heavy atom. The van der Waals surface area contributed by atoms with Crippen molar-refractivity contribution in [2.24, 2.45) is 0 Å². The number of nitrogens with zero attached hydrogens (tertiary/aromatic N) is 1. The Labute approximate surface area is 136 Å². The smallest absolute Gasteiger partial charge is 0.161 e. The molecule has 0 aliphatic rings. The maximum Gasteiger partial charge on any atom is 0.161 e. The Hall–Kier alpha value is -2.93. The van der Waals surface area contributed by atoms with Gasteiger partial charge in [-0.3, -0.25) is 0 Å². The monoisotopic (exact) mass is 309 g/mol. The zero-order chi connectivity index (χ0) is 16.7. The summed E-state index contributed by atoms with van der Waals surface area (Å²) < 4.78 is 15.9. The number of benzene rings is 2. The summed E-state index contributed by atoms with van der Waals surface area (Å²) in [5.41, 5.74) is 2.26. The lowest BCUT2D eigenvalue weighted by molar-refractivity contribution is 0.340. The lowest BCUT2D eigenvalue weighted by Crippen LogP contribution is -1.92. The predicted molar refractivity (Wildman–Crippen MR) is 90.6 cm³/mol. The normalized spacial score (nSPS) is 10.8. The van der Waals surface area contributed by atoms with Crippen LogP contribution >= 0.6 is 0 Å². The average Bonchev–Trinajstić information content (AvgIpc) is 2.60. The van der Waals surface area contributed by atoms with Gasteiger partial charge in [0, 0.05) is 0 Å². The van der Waals surface area contributed by atoms with Gasteiger partial charge in [0.1, 0.15) is 5.75 Å². The molecule has 0 unspecified atom stereocenters. The van der Waals surface area contributed by atoms with Crippen molar-refractivity contribution in [3.05, 3.63) is 53.6 Å². The first kappa shape index (κ1) is 16.4. The van der Waals surface area contributed by atoms with Gasteiger partial charge in [0.15, 0.2) is 11.5 Å². The SMILES string of the molecule is CCOc1ccc(/C=C(\C#N)c2ccc(OC)c(OC)c2)cc1. The van der Waals surface area contributed by atoms with Gasteiger partial charge >= 0.3 is 0 Å². The third kappa shape index (κ3) is 4.04. The molecule has 0 amide bonds. The molecule has 0 heterocycles. The molecule has 2 rings (SSSR count). The Balaban J connectivity index is 2.33. The summed E-state index contributed by atoms with van der Waals surface area (Å²) in [4.78, 5) is 0. The molecule has 0 aromatic heterocycles. The molecule has 4 heteroatoms. The first-order valence-electron chi connectivity index (χ1n) is 7.29. The number of methoxy groups -OCH3 is 2. The van der Waals surface area contributed by atoms with Crippen molar-refractivity contribution in [1.82, 2.24) is 0 Å². The van der Waals surface area contributed by atoms with Gasteiger partial charge in [0.05, 0.1) is 32.5 Å². The number of rotatable bonds is 6. The zero-order valence-corrected chi connectivity index (χ0v) is 13.5. The highest BCUT2D eigenvalue weighted by atomic mass is 16.5. The van der Waals surface area contributed by atoms with E-state index in [0.717, 1.165) is 16.9 Å². The standard InChI is InChI=1S/C19H19NO3/c1-4-23-17-8-5-14(6-9-17)11-16(13-20)15-7-10-18(21-2)19(12-15)22-3/h5-12H,4H2,1-3H3/b16-11+. The minimum atomic E-state index is 0.551. The molecule has 0 bridgehead atoms. The van der Waals surface area contributed by atoms with Gasteiger partial charge in [-0.1, -0.05) is 12.1 Å². The highest BCUT2D eigenvalue weighted by molar-refractivity contribution is 5.90. The molecule has 0 spiro atoms. The number of hydrogen-bond acceptors (Lipinski definition) is 4. The van der Waals surface area contributed by atoms with Gasteiger partial charge < -0.3 is 14.2 Å². The topological polar surface area (TPSA) is 51.5 Å². The Morgan fingerprint density at radius 1 is 1.04 bits per heavy atom. The van der Waals surface area contributed by atoms with Gasteiger partial charge in [-0.15, -0.1) is 0 Å². The predicted octanol–water partition coefficient (Wildman–Crippen LogP) is 4.17. The van der Waals surface area contributed by atoms with Crippen molar-refractivity contribution in [1.29, 1.82) is 5.26 Å². The Kier molecular flexibility index (Phi) is 5.65. The van der Waals surface area contributed by atoms with Crippen molar-refractivity contribution >= 4 is 11.6 Å². The fourth-order valence-corrected chi connectivity index (χ4v) is 2.18. The fraction of sp³-hybridized carbons (Fsp3) is 0.211. The molecule has 2 aromatic carbocycles. The number of hydrogen-bond donors (Lipinski definition) is 0. The van der Waals surface area contributed by atoms with Crippen LogP contribution in [0.15, 0.2) is 42.5 Å². The molecule has 4 nitrogen and oxygen atoms in total. The molecule has 0 saturated heterocycles. The van der Waals surface area contributed by atoms with Gasteiger partial charge in [0.2, 0.25) is 0 Å². The minimum Gasteiger partial charge on any atom is -0.494 e. The van der Waals surface area contributed by atoms with Crippen LogP contribution in [0.4, 0.5) is 0 Å². The fourth-order valence-electron chi connectivity index (χ4n) is 2.18. The first-order valence-corrected chi connectivity index (χ1v) is 7.29. The van der Waals surface area contributed by atoms with E-state index < -0.39 is 0 Å². The summed E-state index contributed by atoms with van der Waals surface area (Å²) in [6, 6.07) is 15.3. The van der Waals surface area contributed by atoms with E-state index >= 15 is 0 Å². The van der Waals surface area contributed by atoms with Gasteiger partial charge in [-0.2, -0.15) is 5.26 Å². The second-order valence-corrected chi connectivity index (χ2v) is 4.74. The molecule has 118 valence electrons. The largest absolute Gasteiger partial charge is 0.494 e. The molecule has 0 N–H and O–H groups in total. The van der Waals surface area contributed by atoms with E-state index in [1.165, 1.54) is 0 Å². The van der Waals surface area contributed by atoms with E-state index in [-0.39, 0.29) is 0 Å². The lowest BCUT2D eigenvalue weighted by atomic mass is 10.0. The van der Waals surface area contributed by atoms with Gasteiger partial charge in [0.25, 0.3) is 0 Å². The van der Waals surface area contributed by atoms with E-state index in [1.807, 2.05) is 43.3 Å². The third-order valence-electron chi connectivity index (χ3n) is 3.32. The van der Waals surface area contributed by atoms with Crippen LogP contribution in [-0.4, -0.2) is 20.8 Å². The molecule has 0 fully saturated rings. The van der Waals surface area contributed by atoms with E-state index in [2.05, 4.69) is 6.07 Å². The highest BCUT2D eigenvalue weighted by Crippen LogP contribution is 2.31. The van der Waals surface area contributed by atoms with E-state index in [0.29, 0.717) is 23.7 Å². The minimum absolute atomic E-state index is 0.551. The van der Waals surface area contributed by atoms with Crippen LogP contribution in [0.1, 0.15) is 18.1 Å². The molecule has 0 saturated carbocycles. The third-order valence-corrected chi connectivity index (χ3v) is 3.32. The van der Waals surface area contributed by atoms with Crippen LogP contribution in [0.25, 0.3) is 11.6 Å². The molecular weight excluding hydrogens is 290 g/mol. The van der Waals surface area contributed by atoms with E-state index in [9.17, 15) is 5.26 Å². The van der Waals surface area contributed by atoms with Crippen LogP contribution in [0.2, 0.25) is 0 Å². The Morgan fingerprint density at radius 2 is 1.74 bits per heavy atom. The first-order chi connectivity index (χ1) is 11.2. The summed E-state index contributed by atoms with van der Waals surface area (Å²) in [6.45, 7) is 2.57. The van der Waals surface area contributed by atoms with Crippen molar-refractivity contribution in [3.63, 3.8) is 0 Å². The van der Waals surface area contributed by atoms with Crippen molar-refractivity contribution in [2.75, 3.05) is 20.8 Å². The maximum atomic E-state index is 9.45. The second kappa shape index (κ2) is 7.90. The molecule has 0 aliphatic carbocycles. The van der Waals surface area contributed by atoms with Crippen LogP contribution in [-0.2, 0) is 0 Å². The summed E-state index contributed by atoms with van der Waals surface area (Å²) in [5.74, 6) is 2.04. The molecule has 0 radical (unpaired) electrons. The number of nitriles is 1. The lowest BCUT2D eigenvalue weighted by Gasteiger charge is -2.09. The van der Waals surface area contributed by atoms with Crippen molar-refractivity contribution in [3.8, 4) is 23.3 Å². The van der Waals surface area contributed by atoms with E-state index in [1.54, 1.807) is 26.4 Å². The van der Waals surface area contributed by atoms with Crippen LogP contribution < -0.4 is 14.2 Å².